The van der Waals surface area contributed by atoms with Crippen LogP contribution in [-0.2, 0) is 6.42 Å². The van der Waals surface area contributed by atoms with Gasteiger partial charge in [-0.15, -0.1) is 11.3 Å². The van der Waals surface area contributed by atoms with Crippen LogP contribution in [0.15, 0.2) is 48.5 Å². The van der Waals surface area contributed by atoms with Crippen molar-refractivity contribution < 1.29 is 23.9 Å². The van der Waals surface area contributed by atoms with E-state index in [1.807, 2.05) is 13.8 Å². The number of carbonyl (C=O) groups is 3. The number of ether oxygens (including phenoxy) is 2. The highest BCUT2D eigenvalue weighted by Gasteiger charge is 2.21. The van der Waals surface area contributed by atoms with E-state index in [1.165, 1.54) is 17.4 Å². The van der Waals surface area contributed by atoms with Crippen molar-refractivity contribution in [2.24, 2.45) is 0 Å². The second-order valence-corrected chi connectivity index (χ2v) is 8.35. The number of ketones is 1. The molecule has 32 heavy (non-hydrogen) atoms. The predicted octanol–water partition coefficient (Wildman–Crippen LogP) is 3.70. The van der Waals surface area contributed by atoms with Gasteiger partial charge in [0.05, 0.1) is 10.4 Å². The van der Waals surface area contributed by atoms with Crippen LogP contribution in [0.1, 0.15) is 53.3 Å². The van der Waals surface area contributed by atoms with E-state index in [0.29, 0.717) is 35.2 Å². The molecule has 4 rings (SSSR count). The van der Waals surface area contributed by atoms with Crippen LogP contribution in [-0.4, -0.2) is 30.8 Å². The van der Waals surface area contributed by atoms with Gasteiger partial charge in [0, 0.05) is 16.0 Å². The Morgan fingerprint density at radius 2 is 1.59 bits per heavy atom. The molecule has 0 fully saturated rings. The molecule has 0 atom stereocenters. The first kappa shape index (κ1) is 21.6. The van der Waals surface area contributed by atoms with Gasteiger partial charge in [-0.1, -0.05) is 25.1 Å². The fourth-order valence-electron chi connectivity index (χ4n) is 3.44. The van der Waals surface area contributed by atoms with E-state index in [1.54, 1.807) is 42.5 Å². The SMILES string of the molecule is CCc1sc(C(=O)NNC(=O)c2ccccc2C(=O)c2ccc3c(c2)OCCO3)cc1C. The second kappa shape index (κ2) is 9.23. The van der Waals surface area contributed by atoms with E-state index in [-0.39, 0.29) is 16.9 Å². The highest BCUT2D eigenvalue weighted by atomic mass is 32.1. The molecule has 164 valence electrons. The molecule has 7 nitrogen and oxygen atoms in total. The minimum atomic E-state index is -0.580. The highest BCUT2D eigenvalue weighted by molar-refractivity contribution is 7.14. The minimum Gasteiger partial charge on any atom is -0.486 e. The lowest BCUT2D eigenvalue weighted by atomic mass is 9.97. The zero-order valence-electron chi connectivity index (χ0n) is 17.7. The van der Waals surface area contributed by atoms with Gasteiger partial charge in [-0.25, -0.2) is 0 Å². The third kappa shape index (κ3) is 4.36. The maximum atomic E-state index is 13.1. The Bertz CT molecular complexity index is 1200. The van der Waals surface area contributed by atoms with Crippen LogP contribution >= 0.6 is 11.3 Å². The van der Waals surface area contributed by atoms with Crippen LogP contribution in [0.5, 0.6) is 11.5 Å². The molecule has 8 heteroatoms. The number of carbonyl (C=O) groups excluding carboxylic acids is 3. The molecular formula is C24H22N2O5S. The van der Waals surface area contributed by atoms with Gasteiger partial charge in [-0.3, -0.25) is 25.2 Å². The van der Waals surface area contributed by atoms with Crippen molar-refractivity contribution >= 4 is 28.9 Å². The first-order valence-corrected chi connectivity index (χ1v) is 11.0. The molecular weight excluding hydrogens is 428 g/mol. The van der Waals surface area contributed by atoms with E-state index in [9.17, 15) is 14.4 Å². The summed E-state index contributed by atoms with van der Waals surface area (Å²) in [7, 11) is 0. The number of hydrazine groups is 1. The van der Waals surface area contributed by atoms with E-state index >= 15 is 0 Å². The Hall–Kier alpha value is -3.65. The van der Waals surface area contributed by atoms with Crippen molar-refractivity contribution in [3.8, 4) is 11.5 Å². The number of rotatable bonds is 5. The summed E-state index contributed by atoms with van der Waals surface area (Å²) in [6.07, 6.45) is 0.839. The molecule has 0 saturated carbocycles. The standard InChI is InChI=1S/C24H22N2O5S/c1-3-20-14(2)12-21(32-20)24(29)26-25-23(28)17-7-5-4-6-16(17)22(27)15-8-9-18-19(13-15)31-11-10-30-18/h4-9,12-13H,3,10-11H2,1-2H3,(H,25,28)(H,26,29). The fourth-order valence-corrected chi connectivity index (χ4v) is 4.45. The number of amides is 2. The molecule has 0 unspecified atom stereocenters. The van der Waals surface area contributed by atoms with Crippen molar-refractivity contribution in [1.82, 2.24) is 10.9 Å². The number of benzene rings is 2. The molecule has 0 saturated heterocycles. The van der Waals surface area contributed by atoms with Gasteiger partial charge in [0.25, 0.3) is 11.8 Å². The maximum Gasteiger partial charge on any atom is 0.279 e. The van der Waals surface area contributed by atoms with Crippen LogP contribution < -0.4 is 20.3 Å². The predicted molar refractivity (Wildman–Crippen MR) is 121 cm³/mol. The highest BCUT2D eigenvalue weighted by Crippen LogP contribution is 2.31. The van der Waals surface area contributed by atoms with Crippen LogP contribution in [0.2, 0.25) is 0 Å². The van der Waals surface area contributed by atoms with Gasteiger partial charge >= 0.3 is 0 Å². The van der Waals surface area contributed by atoms with Crippen molar-refractivity contribution in [2.75, 3.05) is 13.2 Å². The van der Waals surface area contributed by atoms with Gasteiger partial charge in [0.2, 0.25) is 0 Å². The van der Waals surface area contributed by atoms with Gasteiger partial charge in [-0.05, 0) is 49.2 Å². The summed E-state index contributed by atoms with van der Waals surface area (Å²) in [6, 6.07) is 13.2. The lowest BCUT2D eigenvalue weighted by Crippen LogP contribution is -2.41. The number of hydrogen-bond acceptors (Lipinski definition) is 6. The first-order valence-electron chi connectivity index (χ1n) is 10.2. The molecule has 1 aromatic heterocycles. The van der Waals surface area contributed by atoms with Gasteiger partial charge < -0.3 is 9.47 Å². The number of aryl methyl sites for hydroxylation is 2. The lowest BCUT2D eigenvalue weighted by Gasteiger charge is -2.18. The van der Waals surface area contributed by atoms with Crippen molar-refractivity contribution in [3.63, 3.8) is 0 Å². The summed E-state index contributed by atoms with van der Waals surface area (Å²) < 4.78 is 11.0. The van der Waals surface area contributed by atoms with E-state index < -0.39 is 11.8 Å². The quantitative estimate of drug-likeness (QED) is 0.457. The summed E-state index contributed by atoms with van der Waals surface area (Å²) in [5, 5.41) is 0. The molecule has 2 N–H and O–H groups in total. The third-order valence-corrected chi connectivity index (χ3v) is 6.46. The molecule has 0 radical (unpaired) electrons. The summed E-state index contributed by atoms with van der Waals surface area (Å²) in [6.45, 7) is 4.84. The molecule has 0 bridgehead atoms. The third-order valence-electron chi connectivity index (χ3n) is 5.08. The molecule has 1 aliphatic rings. The Morgan fingerprint density at radius 3 is 2.31 bits per heavy atom. The Labute approximate surface area is 189 Å². The molecule has 2 amide bonds. The summed E-state index contributed by atoms with van der Waals surface area (Å²) in [4.78, 5) is 40.0. The van der Waals surface area contributed by atoms with Crippen molar-refractivity contribution in [2.45, 2.75) is 20.3 Å². The summed E-state index contributed by atoms with van der Waals surface area (Å²) >= 11 is 1.39. The van der Waals surface area contributed by atoms with Crippen molar-refractivity contribution in [1.29, 1.82) is 0 Å². The molecule has 2 heterocycles. The second-order valence-electron chi connectivity index (χ2n) is 7.21. The van der Waals surface area contributed by atoms with Crippen LogP contribution in [0.4, 0.5) is 0 Å². The normalized spacial score (nSPS) is 12.2. The minimum absolute atomic E-state index is 0.157. The van der Waals surface area contributed by atoms with E-state index in [2.05, 4.69) is 10.9 Å². The van der Waals surface area contributed by atoms with Crippen molar-refractivity contribution in [3.05, 3.63) is 80.5 Å². The fraction of sp³-hybridized carbons (Fsp3) is 0.208. The van der Waals surface area contributed by atoms with Crippen LogP contribution in [0.25, 0.3) is 0 Å². The number of fused-ring (bicyclic) bond motifs is 1. The smallest absolute Gasteiger partial charge is 0.279 e. The van der Waals surface area contributed by atoms with Crippen LogP contribution in [0.3, 0.4) is 0 Å². The lowest BCUT2D eigenvalue weighted by molar-refractivity contribution is 0.0847. The molecule has 3 aromatic rings. The Kier molecular flexibility index (Phi) is 6.23. The number of nitrogens with one attached hydrogen (secondary N) is 2. The number of hydrogen-bond donors (Lipinski definition) is 2. The summed E-state index contributed by atoms with van der Waals surface area (Å²) in [5.41, 5.74) is 6.64. The number of thiophene rings is 1. The monoisotopic (exact) mass is 450 g/mol. The van der Waals surface area contributed by atoms with Gasteiger partial charge in [0.1, 0.15) is 13.2 Å². The van der Waals surface area contributed by atoms with Gasteiger partial charge in [-0.2, -0.15) is 0 Å². The first-order chi connectivity index (χ1) is 15.5. The molecule has 0 spiro atoms. The molecule has 2 aromatic carbocycles. The zero-order chi connectivity index (χ0) is 22.7. The molecule has 0 aliphatic carbocycles. The van der Waals surface area contributed by atoms with E-state index in [0.717, 1.165) is 16.9 Å². The van der Waals surface area contributed by atoms with E-state index in [4.69, 9.17) is 9.47 Å². The zero-order valence-corrected chi connectivity index (χ0v) is 18.5. The van der Waals surface area contributed by atoms with Gasteiger partial charge in [0.15, 0.2) is 17.3 Å². The maximum absolute atomic E-state index is 13.1. The largest absolute Gasteiger partial charge is 0.486 e. The summed E-state index contributed by atoms with van der Waals surface area (Å²) in [5.74, 6) is -0.239. The average molecular weight is 451 g/mol. The average Bonchev–Trinajstić information content (AvgIpc) is 3.22. The topological polar surface area (TPSA) is 93.7 Å². The Balaban J connectivity index is 1.50. The van der Waals surface area contributed by atoms with Crippen LogP contribution in [0, 0.1) is 6.92 Å². The Morgan fingerprint density at radius 1 is 0.906 bits per heavy atom. The molecule has 1 aliphatic heterocycles.